The van der Waals surface area contributed by atoms with E-state index in [-0.39, 0.29) is 0 Å². The van der Waals surface area contributed by atoms with Gasteiger partial charge < -0.3 is 5.32 Å². The highest BCUT2D eigenvalue weighted by atomic mass is 32.2. The normalized spacial score (nSPS) is 14.5. The van der Waals surface area contributed by atoms with E-state index in [0.29, 0.717) is 6.04 Å². The molecular weight excluding hydrogens is 382 g/mol. The largest absolute Gasteiger partial charge is 0.351 e. The summed E-state index contributed by atoms with van der Waals surface area (Å²) < 4.78 is 1.82. The van der Waals surface area contributed by atoms with Gasteiger partial charge in [-0.25, -0.2) is 19.9 Å². The Morgan fingerprint density at radius 3 is 2.66 bits per heavy atom. The van der Waals surface area contributed by atoms with E-state index in [9.17, 15) is 0 Å². The van der Waals surface area contributed by atoms with E-state index in [1.54, 1.807) is 12.5 Å². The van der Waals surface area contributed by atoms with Crippen molar-refractivity contribution in [1.82, 2.24) is 29.5 Å². The van der Waals surface area contributed by atoms with E-state index < -0.39 is 0 Å². The van der Waals surface area contributed by atoms with E-state index >= 15 is 0 Å². The molecule has 0 aliphatic heterocycles. The molecule has 1 aliphatic carbocycles. The second-order valence-electron chi connectivity index (χ2n) is 7.08. The SMILES string of the molecule is CSc1nccc(-c2c(-c3ccccc3)nn3c(NC4CCCC4)ncnc23)n1. The molecular formula is C21H21N7S. The summed E-state index contributed by atoms with van der Waals surface area (Å²) in [6, 6.07) is 12.5. The molecule has 146 valence electrons. The Morgan fingerprint density at radius 1 is 1.03 bits per heavy atom. The second-order valence-corrected chi connectivity index (χ2v) is 7.85. The average Bonchev–Trinajstić information content (AvgIpc) is 3.42. The van der Waals surface area contributed by atoms with Gasteiger partial charge in [0.2, 0.25) is 5.95 Å². The number of thioether (sulfide) groups is 1. The van der Waals surface area contributed by atoms with Crippen LogP contribution in [-0.2, 0) is 0 Å². The maximum atomic E-state index is 4.92. The molecule has 5 rings (SSSR count). The van der Waals surface area contributed by atoms with Gasteiger partial charge in [0.05, 0.1) is 11.3 Å². The number of benzene rings is 1. The number of fused-ring (bicyclic) bond motifs is 1. The summed E-state index contributed by atoms with van der Waals surface area (Å²) in [5.74, 6) is 0.726. The van der Waals surface area contributed by atoms with Gasteiger partial charge in [-0.3, -0.25) is 0 Å². The number of rotatable bonds is 5. The lowest BCUT2D eigenvalue weighted by atomic mass is 10.1. The Labute approximate surface area is 173 Å². The molecule has 1 saturated carbocycles. The van der Waals surface area contributed by atoms with Gasteiger partial charge in [-0.05, 0) is 25.2 Å². The number of hydrogen-bond donors (Lipinski definition) is 1. The molecule has 1 aromatic carbocycles. The van der Waals surface area contributed by atoms with Crippen LogP contribution in [0.3, 0.4) is 0 Å². The first-order valence-corrected chi connectivity index (χ1v) is 11.0. The molecule has 0 amide bonds. The van der Waals surface area contributed by atoms with E-state index in [0.717, 1.165) is 52.1 Å². The predicted molar refractivity (Wildman–Crippen MR) is 115 cm³/mol. The van der Waals surface area contributed by atoms with Gasteiger partial charge in [-0.2, -0.15) is 9.61 Å². The minimum absolute atomic E-state index is 0.433. The van der Waals surface area contributed by atoms with E-state index in [4.69, 9.17) is 10.1 Å². The minimum Gasteiger partial charge on any atom is -0.351 e. The molecule has 0 spiro atoms. The van der Waals surface area contributed by atoms with Gasteiger partial charge in [-0.1, -0.05) is 54.9 Å². The molecule has 3 heterocycles. The molecule has 4 aromatic rings. The highest BCUT2D eigenvalue weighted by Gasteiger charge is 2.23. The second kappa shape index (κ2) is 7.79. The first-order chi connectivity index (χ1) is 14.3. The van der Waals surface area contributed by atoms with Crippen LogP contribution in [0, 0.1) is 0 Å². The van der Waals surface area contributed by atoms with Gasteiger partial charge in [0.15, 0.2) is 10.8 Å². The lowest BCUT2D eigenvalue weighted by Crippen LogP contribution is -2.18. The zero-order valence-electron chi connectivity index (χ0n) is 16.1. The van der Waals surface area contributed by atoms with Crippen LogP contribution in [-0.4, -0.2) is 41.8 Å². The molecule has 0 unspecified atom stereocenters. The standard InChI is InChI=1S/C21H21N7S/c1-29-21-22-12-11-16(26-21)17-18(14-7-3-2-4-8-14)27-28-19(17)23-13-24-20(28)25-15-9-5-6-10-15/h2-4,7-8,11-13,15H,5-6,9-10H2,1H3,(H,23,24,25). The number of nitrogens with zero attached hydrogens (tertiary/aromatic N) is 6. The number of nitrogens with one attached hydrogen (secondary N) is 1. The molecule has 7 nitrogen and oxygen atoms in total. The van der Waals surface area contributed by atoms with Gasteiger partial charge >= 0.3 is 0 Å². The maximum Gasteiger partial charge on any atom is 0.227 e. The van der Waals surface area contributed by atoms with Crippen LogP contribution < -0.4 is 5.32 Å². The third-order valence-electron chi connectivity index (χ3n) is 5.23. The molecule has 1 N–H and O–H groups in total. The van der Waals surface area contributed by atoms with Gasteiger partial charge in [-0.15, -0.1) is 0 Å². The Balaban J connectivity index is 1.72. The molecule has 8 heteroatoms. The van der Waals surface area contributed by atoms with E-state index in [1.165, 1.54) is 24.6 Å². The quantitative estimate of drug-likeness (QED) is 0.392. The molecule has 29 heavy (non-hydrogen) atoms. The maximum absolute atomic E-state index is 4.92. The zero-order chi connectivity index (χ0) is 19.6. The summed E-state index contributed by atoms with van der Waals surface area (Å²) in [5, 5.41) is 9.20. The minimum atomic E-state index is 0.433. The Morgan fingerprint density at radius 2 is 1.86 bits per heavy atom. The molecule has 0 bridgehead atoms. The third-order valence-corrected chi connectivity index (χ3v) is 5.79. The van der Waals surface area contributed by atoms with Crippen LogP contribution >= 0.6 is 11.8 Å². The van der Waals surface area contributed by atoms with Crippen LogP contribution in [0.2, 0.25) is 0 Å². The summed E-state index contributed by atoms with van der Waals surface area (Å²) in [5.41, 5.74) is 4.30. The highest BCUT2D eigenvalue weighted by molar-refractivity contribution is 7.98. The van der Waals surface area contributed by atoms with Gasteiger partial charge in [0.1, 0.15) is 12.0 Å². The van der Waals surface area contributed by atoms with Crippen molar-refractivity contribution in [3.8, 4) is 22.5 Å². The van der Waals surface area contributed by atoms with Crippen LogP contribution in [0.5, 0.6) is 0 Å². The molecule has 1 fully saturated rings. The van der Waals surface area contributed by atoms with Crippen molar-refractivity contribution in [2.24, 2.45) is 0 Å². The van der Waals surface area contributed by atoms with Crippen molar-refractivity contribution in [2.75, 3.05) is 11.6 Å². The first kappa shape index (κ1) is 18.1. The molecule has 0 saturated heterocycles. The lowest BCUT2D eigenvalue weighted by Gasteiger charge is -2.12. The van der Waals surface area contributed by atoms with Gasteiger partial charge in [0, 0.05) is 17.8 Å². The Bertz CT molecular complexity index is 1140. The third kappa shape index (κ3) is 3.44. The Kier molecular flexibility index (Phi) is 4.85. The van der Waals surface area contributed by atoms with Crippen molar-refractivity contribution in [1.29, 1.82) is 0 Å². The van der Waals surface area contributed by atoms with Crippen LogP contribution in [0.4, 0.5) is 5.95 Å². The van der Waals surface area contributed by atoms with Crippen molar-refractivity contribution in [3.63, 3.8) is 0 Å². The van der Waals surface area contributed by atoms with Crippen molar-refractivity contribution >= 4 is 23.4 Å². The predicted octanol–water partition coefficient (Wildman–Crippen LogP) is 4.32. The number of aromatic nitrogens is 6. The van der Waals surface area contributed by atoms with Crippen molar-refractivity contribution in [3.05, 3.63) is 48.9 Å². The highest BCUT2D eigenvalue weighted by Crippen LogP contribution is 2.34. The topological polar surface area (TPSA) is 80.9 Å². The fourth-order valence-corrected chi connectivity index (χ4v) is 4.19. The molecule has 3 aromatic heterocycles. The summed E-state index contributed by atoms with van der Waals surface area (Å²) in [6.45, 7) is 0. The van der Waals surface area contributed by atoms with E-state index in [1.807, 2.05) is 35.0 Å². The van der Waals surface area contributed by atoms with Crippen LogP contribution in [0.15, 0.2) is 54.1 Å². The summed E-state index contributed by atoms with van der Waals surface area (Å²) >= 11 is 1.52. The average molecular weight is 404 g/mol. The summed E-state index contributed by atoms with van der Waals surface area (Å²) in [4.78, 5) is 18.1. The fourth-order valence-electron chi connectivity index (χ4n) is 3.83. The molecule has 0 radical (unpaired) electrons. The molecule has 1 aliphatic rings. The van der Waals surface area contributed by atoms with E-state index in [2.05, 4.69) is 32.4 Å². The lowest BCUT2D eigenvalue weighted by molar-refractivity contribution is 0.730. The van der Waals surface area contributed by atoms with Crippen molar-refractivity contribution in [2.45, 2.75) is 36.9 Å². The fraction of sp³-hybridized carbons (Fsp3) is 0.286. The number of anilines is 1. The van der Waals surface area contributed by atoms with Crippen molar-refractivity contribution < 1.29 is 0 Å². The van der Waals surface area contributed by atoms with Gasteiger partial charge in [0.25, 0.3) is 0 Å². The first-order valence-electron chi connectivity index (χ1n) is 9.76. The summed E-state index contributed by atoms with van der Waals surface area (Å²) in [6.07, 6.45) is 10.2. The number of hydrogen-bond acceptors (Lipinski definition) is 7. The Hall–Kier alpha value is -3.00. The monoisotopic (exact) mass is 403 g/mol. The van der Waals surface area contributed by atoms with Crippen LogP contribution in [0.1, 0.15) is 25.7 Å². The molecule has 0 atom stereocenters. The zero-order valence-corrected chi connectivity index (χ0v) is 16.9. The smallest absolute Gasteiger partial charge is 0.227 e. The van der Waals surface area contributed by atoms with Crippen LogP contribution in [0.25, 0.3) is 28.2 Å². The summed E-state index contributed by atoms with van der Waals surface area (Å²) in [7, 11) is 0.